The topological polar surface area (TPSA) is 67.0 Å². The van der Waals surface area contributed by atoms with Gasteiger partial charge in [-0.2, -0.15) is 5.10 Å². The van der Waals surface area contributed by atoms with Crippen LogP contribution in [0.15, 0.2) is 30.5 Å². The van der Waals surface area contributed by atoms with Gasteiger partial charge in [0.1, 0.15) is 5.82 Å². The number of nitrogens with zero attached hydrogens (tertiary/aromatic N) is 1. The van der Waals surface area contributed by atoms with Crippen LogP contribution in [0.3, 0.4) is 0 Å². The van der Waals surface area contributed by atoms with E-state index in [0.29, 0.717) is 36.4 Å². The zero-order valence-electron chi connectivity index (χ0n) is 14.4. The third kappa shape index (κ3) is 4.45. The number of carbonyl (C=O) groups is 1. The fraction of sp³-hybridized carbons (Fsp3) is 0.474. The number of carbonyl (C=O) groups excluding carboxylic acids is 1. The lowest BCUT2D eigenvalue weighted by atomic mass is 9.88. The molecule has 2 aromatic rings. The molecule has 6 heteroatoms. The molecular formula is C19H24FN3O2. The summed E-state index contributed by atoms with van der Waals surface area (Å²) in [5.41, 5.74) is 1.74. The van der Waals surface area contributed by atoms with Gasteiger partial charge in [-0.3, -0.25) is 9.89 Å². The minimum Gasteiger partial charge on any atom is -0.376 e. The lowest BCUT2D eigenvalue weighted by Gasteiger charge is -2.28. The van der Waals surface area contributed by atoms with Crippen LogP contribution in [-0.2, 0) is 4.74 Å². The lowest BCUT2D eigenvalue weighted by Crippen LogP contribution is -2.31. The molecule has 0 saturated heterocycles. The number of hydrogen-bond acceptors (Lipinski definition) is 3. The Morgan fingerprint density at radius 2 is 2.08 bits per heavy atom. The third-order valence-electron chi connectivity index (χ3n) is 4.77. The molecule has 0 radical (unpaired) electrons. The number of benzene rings is 1. The minimum atomic E-state index is -0.316. The molecule has 3 rings (SSSR count). The molecule has 2 atom stereocenters. The number of halogens is 1. The molecule has 5 nitrogen and oxygen atoms in total. The van der Waals surface area contributed by atoms with Gasteiger partial charge in [-0.25, -0.2) is 4.39 Å². The molecule has 1 saturated carbocycles. The van der Waals surface area contributed by atoms with Gasteiger partial charge in [-0.15, -0.1) is 0 Å². The molecule has 0 spiro atoms. The Morgan fingerprint density at radius 1 is 1.32 bits per heavy atom. The van der Waals surface area contributed by atoms with Crippen LogP contribution in [0.2, 0.25) is 0 Å². The van der Waals surface area contributed by atoms with E-state index in [9.17, 15) is 9.18 Å². The molecule has 1 heterocycles. The Bertz CT molecular complexity index is 699. The normalized spacial score (nSPS) is 20.4. The second kappa shape index (κ2) is 8.25. The van der Waals surface area contributed by atoms with Crippen molar-refractivity contribution in [3.8, 4) is 11.3 Å². The zero-order chi connectivity index (χ0) is 17.6. The molecule has 134 valence electrons. The highest BCUT2D eigenvalue weighted by Crippen LogP contribution is 2.26. The standard InChI is InChI=1S/C19H24FN3O2/c1-13-4-2-3-5-17(13)25-11-10-21-19(24)16-12-22-23-18(16)14-6-8-15(20)9-7-14/h6-9,12-13,17H,2-5,10-11H2,1H3,(H,21,24)(H,22,23). The Kier molecular flexibility index (Phi) is 5.81. The molecule has 0 aliphatic heterocycles. The van der Waals surface area contributed by atoms with Crippen molar-refractivity contribution in [2.75, 3.05) is 13.2 Å². The fourth-order valence-electron chi connectivity index (χ4n) is 3.29. The summed E-state index contributed by atoms with van der Waals surface area (Å²) in [6.07, 6.45) is 6.60. The number of hydrogen-bond donors (Lipinski definition) is 2. The van der Waals surface area contributed by atoms with Crippen LogP contribution in [0.4, 0.5) is 4.39 Å². The molecule has 1 aromatic heterocycles. The maximum atomic E-state index is 13.1. The molecule has 1 aliphatic rings. The van der Waals surface area contributed by atoms with Crippen molar-refractivity contribution in [3.05, 3.63) is 41.8 Å². The van der Waals surface area contributed by atoms with Crippen molar-refractivity contribution in [3.63, 3.8) is 0 Å². The molecule has 1 fully saturated rings. The summed E-state index contributed by atoms with van der Waals surface area (Å²) in [4.78, 5) is 12.4. The number of amides is 1. The molecule has 0 bridgehead atoms. The monoisotopic (exact) mass is 345 g/mol. The van der Waals surface area contributed by atoms with E-state index in [1.54, 1.807) is 12.1 Å². The van der Waals surface area contributed by atoms with Crippen LogP contribution in [0.5, 0.6) is 0 Å². The van der Waals surface area contributed by atoms with E-state index in [4.69, 9.17) is 4.74 Å². The van der Waals surface area contributed by atoms with Crippen LogP contribution in [0, 0.1) is 11.7 Å². The molecule has 25 heavy (non-hydrogen) atoms. The van der Waals surface area contributed by atoms with Crippen molar-refractivity contribution in [2.45, 2.75) is 38.7 Å². The Hall–Kier alpha value is -2.21. The van der Waals surface area contributed by atoms with Crippen LogP contribution in [0.25, 0.3) is 11.3 Å². The average Bonchev–Trinajstić information content (AvgIpc) is 3.10. The van der Waals surface area contributed by atoms with Crippen LogP contribution in [-0.4, -0.2) is 35.4 Å². The summed E-state index contributed by atoms with van der Waals surface area (Å²) in [5, 5.41) is 9.61. The van der Waals surface area contributed by atoms with E-state index in [0.717, 1.165) is 12.0 Å². The van der Waals surface area contributed by atoms with Gasteiger partial charge in [0.05, 0.1) is 30.2 Å². The number of H-pyrrole nitrogens is 1. The molecule has 1 aromatic carbocycles. The SMILES string of the molecule is CC1CCCCC1OCCNC(=O)c1cn[nH]c1-c1ccc(F)cc1. The van der Waals surface area contributed by atoms with Gasteiger partial charge in [0.15, 0.2) is 0 Å². The lowest BCUT2D eigenvalue weighted by molar-refractivity contribution is -0.00293. The van der Waals surface area contributed by atoms with E-state index in [1.807, 2.05) is 0 Å². The summed E-state index contributed by atoms with van der Waals surface area (Å²) < 4.78 is 19.0. The quantitative estimate of drug-likeness (QED) is 0.787. The maximum absolute atomic E-state index is 13.1. The highest BCUT2D eigenvalue weighted by Gasteiger charge is 2.21. The van der Waals surface area contributed by atoms with Crippen LogP contribution < -0.4 is 5.32 Å². The number of ether oxygens (including phenoxy) is 1. The van der Waals surface area contributed by atoms with Gasteiger partial charge in [0.2, 0.25) is 0 Å². The summed E-state index contributed by atoms with van der Waals surface area (Å²) in [7, 11) is 0. The van der Waals surface area contributed by atoms with Gasteiger partial charge in [0, 0.05) is 12.1 Å². The van der Waals surface area contributed by atoms with Crippen molar-refractivity contribution in [1.29, 1.82) is 0 Å². The van der Waals surface area contributed by atoms with Crippen molar-refractivity contribution in [1.82, 2.24) is 15.5 Å². The van der Waals surface area contributed by atoms with E-state index in [2.05, 4.69) is 22.4 Å². The zero-order valence-corrected chi connectivity index (χ0v) is 14.4. The van der Waals surface area contributed by atoms with E-state index >= 15 is 0 Å². The first-order valence-electron chi connectivity index (χ1n) is 8.84. The largest absolute Gasteiger partial charge is 0.376 e. The van der Waals surface area contributed by atoms with Crippen LogP contribution >= 0.6 is 0 Å². The molecule has 1 aliphatic carbocycles. The Labute approximate surface area is 147 Å². The number of nitrogens with one attached hydrogen (secondary N) is 2. The van der Waals surface area contributed by atoms with Crippen LogP contribution in [0.1, 0.15) is 43.0 Å². The second-order valence-corrected chi connectivity index (χ2v) is 6.59. The first-order valence-corrected chi connectivity index (χ1v) is 8.84. The van der Waals surface area contributed by atoms with E-state index in [-0.39, 0.29) is 11.7 Å². The molecule has 1 amide bonds. The predicted molar refractivity (Wildman–Crippen MR) is 93.7 cm³/mol. The maximum Gasteiger partial charge on any atom is 0.255 e. The van der Waals surface area contributed by atoms with Gasteiger partial charge >= 0.3 is 0 Å². The van der Waals surface area contributed by atoms with Crippen molar-refractivity contribution in [2.24, 2.45) is 5.92 Å². The van der Waals surface area contributed by atoms with Gasteiger partial charge in [-0.05, 0) is 43.0 Å². The van der Waals surface area contributed by atoms with Gasteiger partial charge in [-0.1, -0.05) is 19.8 Å². The Morgan fingerprint density at radius 3 is 2.84 bits per heavy atom. The summed E-state index contributed by atoms with van der Waals surface area (Å²) in [6, 6.07) is 5.95. The Balaban J connectivity index is 1.52. The smallest absolute Gasteiger partial charge is 0.255 e. The average molecular weight is 345 g/mol. The minimum absolute atomic E-state index is 0.214. The summed E-state index contributed by atoms with van der Waals surface area (Å²) in [6.45, 7) is 3.18. The highest BCUT2D eigenvalue weighted by atomic mass is 19.1. The molecule has 2 N–H and O–H groups in total. The molecule has 2 unspecified atom stereocenters. The summed E-state index contributed by atoms with van der Waals surface area (Å²) >= 11 is 0. The fourth-order valence-corrected chi connectivity index (χ4v) is 3.29. The highest BCUT2D eigenvalue weighted by molar-refractivity contribution is 5.99. The third-order valence-corrected chi connectivity index (χ3v) is 4.77. The van der Waals surface area contributed by atoms with E-state index in [1.165, 1.54) is 37.6 Å². The number of aromatic nitrogens is 2. The second-order valence-electron chi connectivity index (χ2n) is 6.59. The molecular weight excluding hydrogens is 321 g/mol. The predicted octanol–water partition coefficient (Wildman–Crippen LogP) is 3.54. The van der Waals surface area contributed by atoms with E-state index < -0.39 is 0 Å². The van der Waals surface area contributed by atoms with Crippen molar-refractivity contribution < 1.29 is 13.9 Å². The van der Waals surface area contributed by atoms with Gasteiger partial charge < -0.3 is 10.1 Å². The number of rotatable bonds is 6. The number of aromatic amines is 1. The van der Waals surface area contributed by atoms with Crippen molar-refractivity contribution >= 4 is 5.91 Å². The van der Waals surface area contributed by atoms with Gasteiger partial charge in [0.25, 0.3) is 5.91 Å². The first kappa shape index (κ1) is 17.6. The first-order chi connectivity index (χ1) is 12.1. The summed E-state index contributed by atoms with van der Waals surface area (Å²) in [5.74, 6) is 0.0557.